The van der Waals surface area contributed by atoms with E-state index in [4.69, 9.17) is 28.3 Å². The molecule has 0 aliphatic rings. The van der Waals surface area contributed by atoms with Gasteiger partial charge in [-0.25, -0.2) is 4.79 Å². The third kappa shape index (κ3) is 3.73. The Morgan fingerprint density at radius 3 is 2.40 bits per heavy atom. The van der Waals surface area contributed by atoms with Gasteiger partial charge in [0.1, 0.15) is 0 Å². The molecule has 0 aliphatic heterocycles. The molecule has 0 saturated carbocycles. The average Bonchev–Trinajstić information content (AvgIpc) is 2.43. The fourth-order valence-electron chi connectivity index (χ4n) is 1.46. The summed E-state index contributed by atoms with van der Waals surface area (Å²) in [5.41, 5.74) is 4.53. The van der Waals surface area contributed by atoms with Gasteiger partial charge in [-0.1, -0.05) is 35.3 Å². The molecule has 0 radical (unpaired) electrons. The number of halogens is 2. The Bertz CT molecular complexity index is 655. The van der Waals surface area contributed by atoms with Crippen LogP contribution in [0.1, 0.15) is 15.9 Å². The molecule has 0 spiro atoms. The number of anilines is 1. The van der Waals surface area contributed by atoms with Gasteiger partial charge in [0.15, 0.2) is 0 Å². The highest BCUT2D eigenvalue weighted by Crippen LogP contribution is 2.24. The van der Waals surface area contributed by atoms with E-state index >= 15 is 0 Å². The maximum atomic E-state index is 10.7. The lowest BCUT2D eigenvalue weighted by molar-refractivity contribution is 0.0697. The van der Waals surface area contributed by atoms with Crippen LogP contribution in [0, 0.1) is 0 Å². The zero-order chi connectivity index (χ0) is 14.5. The zero-order valence-corrected chi connectivity index (χ0v) is 11.7. The standard InChI is InChI=1S/C14H10Cl2N2O2/c15-12-6-5-11(7-13(12)16)18-17-8-9-1-3-10(4-2-9)14(19)20/h1-8,18H,(H,19,20)/b17-8+. The van der Waals surface area contributed by atoms with Gasteiger partial charge in [0.2, 0.25) is 0 Å². The maximum absolute atomic E-state index is 10.7. The summed E-state index contributed by atoms with van der Waals surface area (Å²) in [5.74, 6) is -0.956. The van der Waals surface area contributed by atoms with Crippen LogP contribution in [0.5, 0.6) is 0 Å². The van der Waals surface area contributed by atoms with Crippen molar-refractivity contribution in [1.82, 2.24) is 0 Å². The summed E-state index contributed by atoms with van der Waals surface area (Å²) in [6.45, 7) is 0. The lowest BCUT2D eigenvalue weighted by Crippen LogP contribution is -1.96. The predicted octanol–water partition coefficient (Wildman–Crippen LogP) is 4.14. The van der Waals surface area contributed by atoms with Crippen molar-refractivity contribution in [3.63, 3.8) is 0 Å². The van der Waals surface area contributed by atoms with Gasteiger partial charge < -0.3 is 5.11 Å². The Morgan fingerprint density at radius 1 is 1.10 bits per heavy atom. The van der Waals surface area contributed by atoms with Crippen molar-refractivity contribution in [2.24, 2.45) is 5.10 Å². The van der Waals surface area contributed by atoms with Gasteiger partial charge in [0.25, 0.3) is 0 Å². The highest BCUT2D eigenvalue weighted by Gasteiger charge is 2.00. The van der Waals surface area contributed by atoms with E-state index in [0.717, 1.165) is 5.56 Å². The molecule has 6 heteroatoms. The van der Waals surface area contributed by atoms with Crippen molar-refractivity contribution in [1.29, 1.82) is 0 Å². The Kier molecular flexibility index (Phi) is 4.61. The van der Waals surface area contributed by atoms with E-state index in [1.54, 1.807) is 36.5 Å². The van der Waals surface area contributed by atoms with Crippen LogP contribution in [-0.2, 0) is 0 Å². The van der Waals surface area contributed by atoms with E-state index in [9.17, 15) is 4.79 Å². The first-order valence-electron chi connectivity index (χ1n) is 5.64. The molecule has 0 unspecified atom stereocenters. The Labute approximate surface area is 125 Å². The van der Waals surface area contributed by atoms with Gasteiger partial charge in [-0.15, -0.1) is 0 Å². The largest absolute Gasteiger partial charge is 0.478 e. The first-order valence-corrected chi connectivity index (χ1v) is 6.39. The van der Waals surface area contributed by atoms with Crippen molar-refractivity contribution >= 4 is 41.1 Å². The van der Waals surface area contributed by atoms with Gasteiger partial charge >= 0.3 is 5.97 Å². The Balaban J connectivity index is 2.02. The fraction of sp³-hybridized carbons (Fsp3) is 0. The quantitative estimate of drug-likeness (QED) is 0.659. The van der Waals surface area contributed by atoms with Crippen LogP contribution in [0.25, 0.3) is 0 Å². The number of hydrazone groups is 1. The Morgan fingerprint density at radius 2 is 1.80 bits per heavy atom. The number of carboxylic acids is 1. The number of nitrogens with zero attached hydrogens (tertiary/aromatic N) is 1. The van der Waals surface area contributed by atoms with Gasteiger partial charge in [-0.05, 0) is 35.9 Å². The molecule has 0 amide bonds. The molecule has 0 bridgehead atoms. The summed E-state index contributed by atoms with van der Waals surface area (Å²) in [6, 6.07) is 11.5. The predicted molar refractivity (Wildman–Crippen MR) is 81.1 cm³/mol. The molecule has 0 aliphatic carbocycles. The fourth-order valence-corrected chi connectivity index (χ4v) is 1.76. The summed E-state index contributed by atoms with van der Waals surface area (Å²) < 4.78 is 0. The first-order chi connectivity index (χ1) is 9.56. The molecule has 2 aromatic carbocycles. The van der Waals surface area contributed by atoms with Crippen molar-refractivity contribution in [3.8, 4) is 0 Å². The SMILES string of the molecule is O=C(O)c1ccc(/C=N/Nc2ccc(Cl)c(Cl)c2)cc1. The van der Waals surface area contributed by atoms with Gasteiger partial charge in [-0.3, -0.25) is 5.43 Å². The molecule has 0 heterocycles. The van der Waals surface area contributed by atoms with E-state index in [-0.39, 0.29) is 5.56 Å². The minimum atomic E-state index is -0.956. The topological polar surface area (TPSA) is 61.7 Å². The van der Waals surface area contributed by atoms with Gasteiger partial charge in [0.05, 0.1) is 27.5 Å². The number of hydrogen-bond donors (Lipinski definition) is 2. The lowest BCUT2D eigenvalue weighted by atomic mass is 10.1. The highest BCUT2D eigenvalue weighted by atomic mass is 35.5. The van der Waals surface area contributed by atoms with Crippen molar-refractivity contribution in [2.45, 2.75) is 0 Å². The average molecular weight is 309 g/mol. The second-order valence-electron chi connectivity index (χ2n) is 3.93. The molecule has 102 valence electrons. The first kappa shape index (κ1) is 14.4. The van der Waals surface area contributed by atoms with Crippen LogP contribution in [0.4, 0.5) is 5.69 Å². The van der Waals surface area contributed by atoms with Crippen molar-refractivity contribution in [2.75, 3.05) is 5.43 Å². The number of rotatable bonds is 4. The minimum absolute atomic E-state index is 0.236. The van der Waals surface area contributed by atoms with E-state index < -0.39 is 5.97 Å². The number of nitrogens with one attached hydrogen (secondary N) is 1. The summed E-state index contributed by atoms with van der Waals surface area (Å²) >= 11 is 11.7. The second-order valence-corrected chi connectivity index (χ2v) is 4.74. The molecule has 0 fully saturated rings. The Hall–Kier alpha value is -2.04. The molecular weight excluding hydrogens is 299 g/mol. The molecule has 2 rings (SSSR count). The molecule has 2 N–H and O–H groups in total. The van der Waals surface area contributed by atoms with E-state index in [1.165, 1.54) is 12.1 Å². The van der Waals surface area contributed by atoms with Gasteiger partial charge in [-0.2, -0.15) is 5.10 Å². The van der Waals surface area contributed by atoms with Crippen LogP contribution < -0.4 is 5.43 Å². The summed E-state index contributed by atoms with van der Waals surface area (Å²) in [7, 11) is 0. The second kappa shape index (κ2) is 6.41. The van der Waals surface area contributed by atoms with Gasteiger partial charge in [0, 0.05) is 0 Å². The third-order valence-electron chi connectivity index (χ3n) is 2.48. The van der Waals surface area contributed by atoms with Crippen LogP contribution in [0.2, 0.25) is 10.0 Å². The summed E-state index contributed by atoms with van der Waals surface area (Å²) in [4.78, 5) is 10.7. The molecular formula is C14H10Cl2N2O2. The number of benzene rings is 2. The number of carbonyl (C=O) groups is 1. The van der Waals surface area contributed by atoms with Crippen LogP contribution in [0.3, 0.4) is 0 Å². The van der Waals surface area contributed by atoms with E-state index in [2.05, 4.69) is 10.5 Å². The number of hydrogen-bond acceptors (Lipinski definition) is 3. The number of carboxylic acid groups (broad SMARTS) is 1. The normalized spacial score (nSPS) is 10.7. The van der Waals surface area contributed by atoms with Crippen LogP contribution >= 0.6 is 23.2 Å². The lowest BCUT2D eigenvalue weighted by Gasteiger charge is -2.02. The van der Waals surface area contributed by atoms with Crippen LogP contribution in [0.15, 0.2) is 47.6 Å². The summed E-state index contributed by atoms with van der Waals surface area (Å²) in [5, 5.41) is 13.7. The molecule has 0 aromatic heterocycles. The third-order valence-corrected chi connectivity index (χ3v) is 3.22. The summed E-state index contributed by atoms with van der Waals surface area (Å²) in [6.07, 6.45) is 1.58. The minimum Gasteiger partial charge on any atom is -0.478 e. The molecule has 2 aromatic rings. The zero-order valence-electron chi connectivity index (χ0n) is 10.2. The highest BCUT2D eigenvalue weighted by molar-refractivity contribution is 6.42. The molecule has 0 saturated heterocycles. The van der Waals surface area contributed by atoms with Crippen molar-refractivity contribution < 1.29 is 9.90 Å². The number of aromatic carboxylic acids is 1. The van der Waals surface area contributed by atoms with E-state index in [1.807, 2.05) is 0 Å². The maximum Gasteiger partial charge on any atom is 0.335 e. The van der Waals surface area contributed by atoms with E-state index in [0.29, 0.717) is 15.7 Å². The molecule has 0 atom stereocenters. The molecule has 4 nitrogen and oxygen atoms in total. The van der Waals surface area contributed by atoms with Crippen molar-refractivity contribution in [3.05, 3.63) is 63.6 Å². The monoisotopic (exact) mass is 308 g/mol. The molecule has 20 heavy (non-hydrogen) atoms. The smallest absolute Gasteiger partial charge is 0.335 e. The van der Waals surface area contributed by atoms with Crippen LogP contribution in [-0.4, -0.2) is 17.3 Å².